The number of nitrogens with zero attached hydrogens (tertiary/aromatic N) is 1. The van der Waals surface area contributed by atoms with Crippen molar-refractivity contribution in [2.75, 3.05) is 13.1 Å². The smallest absolute Gasteiger partial charge is 0.244 e. The van der Waals surface area contributed by atoms with E-state index < -0.39 is 10.0 Å². The number of amides is 1. The van der Waals surface area contributed by atoms with Gasteiger partial charge in [0, 0.05) is 30.1 Å². The summed E-state index contributed by atoms with van der Waals surface area (Å²) in [6.45, 7) is 2.65. The molecule has 0 bridgehead atoms. The second-order valence-corrected chi connectivity index (χ2v) is 9.64. The molecule has 8 heteroatoms. The molecule has 1 aliphatic heterocycles. The lowest BCUT2D eigenvalue weighted by molar-refractivity contribution is -0.126. The Labute approximate surface area is 158 Å². The molecule has 2 fully saturated rings. The Balaban J connectivity index is 1.63. The maximum Gasteiger partial charge on any atom is 0.244 e. The topological polar surface area (TPSA) is 66.5 Å². The third kappa shape index (κ3) is 4.30. The summed E-state index contributed by atoms with van der Waals surface area (Å²) < 4.78 is 27.0. The van der Waals surface area contributed by atoms with Crippen LogP contribution in [0, 0.1) is 11.8 Å². The van der Waals surface area contributed by atoms with E-state index >= 15 is 0 Å². The van der Waals surface area contributed by atoms with Gasteiger partial charge in [-0.2, -0.15) is 4.31 Å². The highest BCUT2D eigenvalue weighted by Crippen LogP contribution is 2.33. The summed E-state index contributed by atoms with van der Waals surface area (Å²) in [6, 6.07) is 4.62. The van der Waals surface area contributed by atoms with Crippen molar-refractivity contribution < 1.29 is 13.2 Å². The summed E-state index contributed by atoms with van der Waals surface area (Å²) in [4.78, 5) is 12.4. The largest absolute Gasteiger partial charge is 0.353 e. The maximum absolute atomic E-state index is 12.8. The standard InChI is InChI=1S/C17H22Cl2N2O3S/c1-11(12-2-3-12)20-17(22)13-6-8-21(9-7-13)25(23,24)16-10-14(18)4-5-15(16)19/h4-5,10-13H,2-3,6-9H2,1H3,(H,20,22)/t11-/m0/s1. The second-order valence-electron chi connectivity index (χ2n) is 6.89. The number of sulfonamides is 1. The van der Waals surface area contributed by atoms with Crippen molar-refractivity contribution >= 4 is 39.1 Å². The van der Waals surface area contributed by atoms with Crippen molar-refractivity contribution in [3.8, 4) is 0 Å². The molecule has 1 atom stereocenters. The van der Waals surface area contributed by atoms with Gasteiger partial charge < -0.3 is 5.32 Å². The molecule has 0 aromatic heterocycles. The SMILES string of the molecule is C[C@H](NC(=O)C1CCN(S(=O)(=O)c2cc(Cl)ccc2Cl)CC1)C1CC1. The molecular formula is C17H22Cl2N2O3S. The molecular weight excluding hydrogens is 383 g/mol. The summed E-state index contributed by atoms with van der Waals surface area (Å²) in [5.74, 6) is 0.508. The van der Waals surface area contributed by atoms with Crippen molar-refractivity contribution in [3.05, 3.63) is 28.2 Å². The molecule has 1 aromatic carbocycles. The first-order chi connectivity index (χ1) is 11.8. The van der Waals surface area contributed by atoms with Gasteiger partial charge in [-0.15, -0.1) is 0 Å². The zero-order chi connectivity index (χ0) is 18.2. The van der Waals surface area contributed by atoms with Crippen molar-refractivity contribution in [3.63, 3.8) is 0 Å². The minimum Gasteiger partial charge on any atom is -0.353 e. The highest BCUT2D eigenvalue weighted by Gasteiger charge is 2.35. The van der Waals surface area contributed by atoms with Crippen LogP contribution < -0.4 is 5.32 Å². The molecule has 1 amide bonds. The van der Waals surface area contributed by atoms with E-state index in [-0.39, 0.29) is 27.8 Å². The molecule has 2 aliphatic rings. The summed E-state index contributed by atoms with van der Waals surface area (Å²) in [7, 11) is -3.71. The molecule has 1 aromatic rings. The minimum absolute atomic E-state index is 0.0203. The van der Waals surface area contributed by atoms with Gasteiger partial charge in [0.15, 0.2) is 0 Å². The van der Waals surface area contributed by atoms with Crippen LogP contribution in [0.3, 0.4) is 0 Å². The number of nitrogens with one attached hydrogen (secondary N) is 1. The molecule has 3 rings (SSSR count). The number of carbonyl (C=O) groups is 1. The van der Waals surface area contributed by atoms with Gasteiger partial charge in [-0.05, 0) is 56.7 Å². The Kier molecular flexibility index (Phi) is 5.63. The van der Waals surface area contributed by atoms with Gasteiger partial charge in [0.2, 0.25) is 15.9 Å². The number of benzene rings is 1. The van der Waals surface area contributed by atoms with Crippen LogP contribution in [0.15, 0.2) is 23.1 Å². The number of halogens is 2. The van der Waals surface area contributed by atoms with Crippen LogP contribution in [0.5, 0.6) is 0 Å². The molecule has 5 nitrogen and oxygen atoms in total. The van der Waals surface area contributed by atoms with Crippen LogP contribution in [-0.2, 0) is 14.8 Å². The van der Waals surface area contributed by atoms with E-state index in [1.807, 2.05) is 6.92 Å². The quantitative estimate of drug-likeness (QED) is 0.818. The Morgan fingerprint density at radius 3 is 2.44 bits per heavy atom. The molecule has 0 radical (unpaired) electrons. The molecule has 1 heterocycles. The fraction of sp³-hybridized carbons (Fsp3) is 0.588. The lowest BCUT2D eigenvalue weighted by Crippen LogP contribution is -2.45. The van der Waals surface area contributed by atoms with Crippen molar-refractivity contribution in [1.29, 1.82) is 0 Å². The van der Waals surface area contributed by atoms with Crippen LogP contribution in [0.2, 0.25) is 10.0 Å². The number of rotatable bonds is 5. The van der Waals surface area contributed by atoms with Crippen LogP contribution in [-0.4, -0.2) is 37.8 Å². The molecule has 0 unspecified atom stereocenters. The van der Waals surface area contributed by atoms with E-state index in [9.17, 15) is 13.2 Å². The number of hydrogen-bond acceptors (Lipinski definition) is 3. The van der Waals surface area contributed by atoms with Crippen LogP contribution >= 0.6 is 23.2 Å². The first kappa shape index (κ1) is 19.0. The molecule has 1 N–H and O–H groups in total. The molecule has 1 aliphatic carbocycles. The number of hydrogen-bond donors (Lipinski definition) is 1. The molecule has 138 valence electrons. The first-order valence-electron chi connectivity index (χ1n) is 8.54. The summed E-state index contributed by atoms with van der Waals surface area (Å²) in [5, 5.41) is 3.55. The van der Waals surface area contributed by atoms with Crippen LogP contribution in [0.25, 0.3) is 0 Å². The third-order valence-electron chi connectivity index (χ3n) is 5.03. The van der Waals surface area contributed by atoms with E-state index in [2.05, 4.69) is 5.32 Å². The van der Waals surface area contributed by atoms with Crippen LogP contribution in [0.4, 0.5) is 0 Å². The van der Waals surface area contributed by atoms with Crippen molar-refractivity contribution in [2.24, 2.45) is 11.8 Å². The number of carbonyl (C=O) groups excluding carboxylic acids is 1. The lowest BCUT2D eigenvalue weighted by atomic mass is 9.96. The van der Waals surface area contributed by atoms with E-state index in [4.69, 9.17) is 23.2 Å². The Morgan fingerprint density at radius 2 is 1.84 bits per heavy atom. The van der Waals surface area contributed by atoms with E-state index in [0.717, 1.165) is 0 Å². The molecule has 0 spiro atoms. The first-order valence-corrected chi connectivity index (χ1v) is 10.7. The van der Waals surface area contributed by atoms with Crippen LogP contribution in [0.1, 0.15) is 32.6 Å². The van der Waals surface area contributed by atoms with Gasteiger partial charge in [-0.25, -0.2) is 8.42 Å². The molecule has 25 heavy (non-hydrogen) atoms. The minimum atomic E-state index is -3.71. The monoisotopic (exact) mass is 404 g/mol. The van der Waals surface area contributed by atoms with Gasteiger partial charge in [0.25, 0.3) is 0 Å². The van der Waals surface area contributed by atoms with E-state index in [1.54, 1.807) is 6.07 Å². The van der Waals surface area contributed by atoms with E-state index in [0.29, 0.717) is 36.9 Å². The predicted molar refractivity (Wildman–Crippen MR) is 98.3 cm³/mol. The average molecular weight is 405 g/mol. The Hall–Kier alpha value is -0.820. The third-order valence-corrected chi connectivity index (χ3v) is 7.65. The van der Waals surface area contributed by atoms with Gasteiger partial charge in [0.1, 0.15) is 4.90 Å². The highest BCUT2D eigenvalue weighted by molar-refractivity contribution is 7.89. The van der Waals surface area contributed by atoms with Gasteiger partial charge >= 0.3 is 0 Å². The maximum atomic E-state index is 12.8. The number of piperidine rings is 1. The Morgan fingerprint density at radius 1 is 1.20 bits per heavy atom. The normalized spacial score (nSPS) is 21.1. The predicted octanol–water partition coefficient (Wildman–Crippen LogP) is 3.31. The fourth-order valence-corrected chi connectivity index (χ4v) is 5.44. The van der Waals surface area contributed by atoms with Gasteiger partial charge in [-0.3, -0.25) is 4.79 Å². The molecule has 1 saturated heterocycles. The Bertz CT molecular complexity index is 757. The van der Waals surface area contributed by atoms with Crippen molar-refractivity contribution in [1.82, 2.24) is 9.62 Å². The zero-order valence-corrected chi connectivity index (χ0v) is 16.4. The van der Waals surface area contributed by atoms with Gasteiger partial charge in [0.05, 0.1) is 5.02 Å². The average Bonchev–Trinajstić information content (AvgIpc) is 3.42. The fourth-order valence-electron chi connectivity index (χ4n) is 3.23. The molecule has 1 saturated carbocycles. The summed E-state index contributed by atoms with van der Waals surface area (Å²) in [6.07, 6.45) is 3.39. The van der Waals surface area contributed by atoms with Crippen molar-refractivity contribution in [2.45, 2.75) is 43.5 Å². The highest BCUT2D eigenvalue weighted by atomic mass is 35.5. The van der Waals surface area contributed by atoms with E-state index in [1.165, 1.54) is 29.3 Å². The summed E-state index contributed by atoms with van der Waals surface area (Å²) >= 11 is 12.0. The summed E-state index contributed by atoms with van der Waals surface area (Å²) in [5.41, 5.74) is 0. The second kappa shape index (κ2) is 7.43. The lowest BCUT2D eigenvalue weighted by Gasteiger charge is -2.31. The van der Waals surface area contributed by atoms with Gasteiger partial charge in [-0.1, -0.05) is 23.2 Å². The zero-order valence-electron chi connectivity index (χ0n) is 14.0.